The molecule has 27 heavy (non-hydrogen) atoms. The number of hydrogen-bond acceptors (Lipinski definition) is 4. The van der Waals surface area contributed by atoms with Crippen LogP contribution in [0.4, 0.5) is 4.39 Å². The predicted octanol–water partition coefficient (Wildman–Crippen LogP) is 1.98. The number of carboxylic acid groups (broad SMARTS) is 1. The first-order valence-corrected chi connectivity index (χ1v) is 10.4. The van der Waals surface area contributed by atoms with Crippen LogP contribution >= 0.6 is 0 Å². The number of benzene rings is 1. The maximum absolute atomic E-state index is 13.1. The summed E-state index contributed by atoms with van der Waals surface area (Å²) in [6.45, 7) is 3.84. The van der Waals surface area contributed by atoms with Crippen molar-refractivity contribution in [3.63, 3.8) is 0 Å². The molecule has 1 aliphatic rings. The zero-order valence-electron chi connectivity index (χ0n) is 15.4. The number of hydrogen-bond donors (Lipinski definition) is 2. The minimum absolute atomic E-state index is 0.0526. The smallest absolute Gasteiger partial charge is 0.326 e. The van der Waals surface area contributed by atoms with Crippen molar-refractivity contribution >= 4 is 21.9 Å². The number of carboxylic acids is 1. The third kappa shape index (κ3) is 5.26. The van der Waals surface area contributed by atoms with Crippen molar-refractivity contribution in [1.29, 1.82) is 0 Å². The highest BCUT2D eigenvalue weighted by atomic mass is 32.2. The Labute approximate surface area is 158 Å². The topological polar surface area (TPSA) is 104 Å². The van der Waals surface area contributed by atoms with Crippen molar-refractivity contribution in [3.8, 4) is 0 Å². The average Bonchev–Trinajstić information content (AvgIpc) is 2.61. The lowest BCUT2D eigenvalue weighted by Gasteiger charge is -2.34. The second-order valence-electron chi connectivity index (χ2n) is 7.11. The monoisotopic (exact) mass is 400 g/mol. The van der Waals surface area contributed by atoms with Crippen LogP contribution in [0.15, 0.2) is 29.2 Å². The van der Waals surface area contributed by atoms with E-state index in [1.165, 1.54) is 0 Å². The van der Waals surface area contributed by atoms with Gasteiger partial charge in [0, 0.05) is 6.54 Å². The Morgan fingerprint density at radius 2 is 1.89 bits per heavy atom. The van der Waals surface area contributed by atoms with Crippen molar-refractivity contribution in [2.24, 2.45) is 5.92 Å². The molecule has 0 bridgehead atoms. The number of carbonyl (C=O) groups is 2. The van der Waals surface area contributed by atoms with E-state index in [9.17, 15) is 27.5 Å². The summed E-state index contributed by atoms with van der Waals surface area (Å²) in [5, 5.41) is 11.8. The van der Waals surface area contributed by atoms with E-state index in [0.29, 0.717) is 19.3 Å². The molecule has 150 valence electrons. The standard InChI is InChI=1S/C18H25FN2O5S/c1-12(2)11-15(18(23)24)20-17(22)16-5-3-4-10-21(16)27(25,26)14-8-6-13(19)7-9-14/h6-9,12,15-16H,3-5,10-11H2,1-2H3,(H,20,22)(H,23,24). The van der Waals surface area contributed by atoms with Crippen molar-refractivity contribution in [3.05, 3.63) is 30.1 Å². The molecule has 0 aromatic heterocycles. The first-order valence-electron chi connectivity index (χ1n) is 8.93. The molecule has 1 aliphatic heterocycles. The fourth-order valence-corrected chi connectivity index (χ4v) is 4.81. The second-order valence-corrected chi connectivity index (χ2v) is 9.00. The quantitative estimate of drug-likeness (QED) is 0.728. The highest BCUT2D eigenvalue weighted by Gasteiger charge is 2.38. The highest BCUT2D eigenvalue weighted by Crippen LogP contribution is 2.26. The number of carbonyl (C=O) groups excluding carboxylic acids is 1. The first-order chi connectivity index (χ1) is 12.6. The summed E-state index contributed by atoms with van der Waals surface area (Å²) in [5.41, 5.74) is 0. The van der Waals surface area contributed by atoms with Gasteiger partial charge in [0.25, 0.3) is 0 Å². The van der Waals surface area contributed by atoms with Gasteiger partial charge in [0.05, 0.1) is 4.90 Å². The third-order valence-electron chi connectivity index (χ3n) is 4.50. The van der Waals surface area contributed by atoms with Gasteiger partial charge >= 0.3 is 5.97 Å². The van der Waals surface area contributed by atoms with Crippen molar-refractivity contribution < 1.29 is 27.5 Å². The Bertz CT molecular complexity index is 779. The second kappa shape index (κ2) is 8.79. The summed E-state index contributed by atoms with van der Waals surface area (Å²) < 4.78 is 40.0. The molecule has 7 nitrogen and oxygen atoms in total. The fraction of sp³-hybridized carbons (Fsp3) is 0.556. The van der Waals surface area contributed by atoms with E-state index in [4.69, 9.17) is 0 Å². The molecule has 0 aliphatic carbocycles. The molecule has 2 unspecified atom stereocenters. The summed E-state index contributed by atoms with van der Waals surface area (Å²) in [7, 11) is -3.99. The van der Waals surface area contributed by atoms with Gasteiger partial charge in [-0.25, -0.2) is 17.6 Å². The van der Waals surface area contributed by atoms with Crippen molar-refractivity contribution in [2.45, 2.75) is 56.5 Å². The lowest BCUT2D eigenvalue weighted by Crippen LogP contribution is -2.55. The number of piperidine rings is 1. The molecule has 1 heterocycles. The highest BCUT2D eigenvalue weighted by molar-refractivity contribution is 7.89. The van der Waals surface area contributed by atoms with Crippen LogP contribution in [0.2, 0.25) is 0 Å². The molecule has 0 radical (unpaired) electrons. The van der Waals surface area contributed by atoms with Gasteiger partial charge in [-0.3, -0.25) is 4.79 Å². The van der Waals surface area contributed by atoms with E-state index in [0.717, 1.165) is 28.6 Å². The van der Waals surface area contributed by atoms with Crippen LogP contribution < -0.4 is 5.32 Å². The van der Waals surface area contributed by atoms with Crippen molar-refractivity contribution in [1.82, 2.24) is 9.62 Å². The SMILES string of the molecule is CC(C)CC(NC(=O)C1CCCCN1S(=O)(=O)c1ccc(F)cc1)C(=O)O. The molecule has 0 saturated carbocycles. The molecule has 2 N–H and O–H groups in total. The summed E-state index contributed by atoms with van der Waals surface area (Å²) in [5.74, 6) is -2.27. The predicted molar refractivity (Wildman–Crippen MR) is 97.0 cm³/mol. The van der Waals surface area contributed by atoms with Gasteiger partial charge in [-0.2, -0.15) is 4.31 Å². The van der Waals surface area contributed by atoms with Crippen LogP contribution in [-0.4, -0.2) is 48.3 Å². The van der Waals surface area contributed by atoms with E-state index < -0.39 is 39.8 Å². The minimum Gasteiger partial charge on any atom is -0.480 e. The van der Waals surface area contributed by atoms with Gasteiger partial charge in [-0.1, -0.05) is 20.3 Å². The fourth-order valence-electron chi connectivity index (χ4n) is 3.16. The summed E-state index contributed by atoms with van der Waals surface area (Å²) in [6.07, 6.45) is 1.81. The molecule has 1 aromatic rings. The van der Waals surface area contributed by atoms with E-state index in [1.807, 2.05) is 13.8 Å². The number of nitrogens with zero attached hydrogens (tertiary/aromatic N) is 1. The number of halogens is 1. The lowest BCUT2D eigenvalue weighted by atomic mass is 10.0. The Kier molecular flexibility index (Phi) is 6.94. The minimum atomic E-state index is -3.99. The molecular weight excluding hydrogens is 375 g/mol. The normalized spacial score (nSPS) is 19.6. The number of nitrogens with one attached hydrogen (secondary N) is 1. The van der Waals surface area contributed by atoms with Gasteiger partial charge in [0.1, 0.15) is 17.9 Å². The third-order valence-corrected chi connectivity index (χ3v) is 6.42. The van der Waals surface area contributed by atoms with E-state index in [1.54, 1.807) is 0 Å². The summed E-state index contributed by atoms with van der Waals surface area (Å²) in [6, 6.07) is 2.36. The summed E-state index contributed by atoms with van der Waals surface area (Å²) in [4.78, 5) is 24.0. The van der Waals surface area contributed by atoms with Crippen LogP contribution in [0.5, 0.6) is 0 Å². The molecule has 2 atom stereocenters. The van der Waals surface area contributed by atoms with E-state index in [2.05, 4.69) is 5.32 Å². The Hall–Kier alpha value is -2.00. The van der Waals surface area contributed by atoms with E-state index >= 15 is 0 Å². The van der Waals surface area contributed by atoms with Gasteiger partial charge < -0.3 is 10.4 Å². The van der Waals surface area contributed by atoms with Crippen LogP contribution in [0.1, 0.15) is 39.5 Å². The number of rotatable bonds is 7. The average molecular weight is 400 g/mol. The van der Waals surface area contributed by atoms with Crippen LogP contribution in [0.3, 0.4) is 0 Å². The Morgan fingerprint density at radius 1 is 1.26 bits per heavy atom. The zero-order chi connectivity index (χ0) is 20.2. The summed E-state index contributed by atoms with van der Waals surface area (Å²) >= 11 is 0. The zero-order valence-corrected chi connectivity index (χ0v) is 16.2. The maximum atomic E-state index is 13.1. The lowest BCUT2D eigenvalue weighted by molar-refractivity contribution is -0.143. The first kappa shape index (κ1) is 21.3. The Morgan fingerprint density at radius 3 is 2.44 bits per heavy atom. The van der Waals surface area contributed by atoms with Crippen LogP contribution in [0, 0.1) is 11.7 Å². The molecule has 1 amide bonds. The van der Waals surface area contributed by atoms with Gasteiger partial charge in [0.15, 0.2) is 0 Å². The van der Waals surface area contributed by atoms with Crippen molar-refractivity contribution in [2.75, 3.05) is 6.54 Å². The van der Waals surface area contributed by atoms with Gasteiger partial charge in [-0.05, 0) is 49.4 Å². The van der Waals surface area contributed by atoms with Crippen LogP contribution in [0.25, 0.3) is 0 Å². The van der Waals surface area contributed by atoms with E-state index in [-0.39, 0.29) is 23.8 Å². The van der Waals surface area contributed by atoms with Gasteiger partial charge in [-0.15, -0.1) is 0 Å². The van der Waals surface area contributed by atoms with Crippen LogP contribution in [-0.2, 0) is 19.6 Å². The molecule has 2 rings (SSSR count). The number of sulfonamides is 1. The molecule has 1 fully saturated rings. The molecule has 1 saturated heterocycles. The maximum Gasteiger partial charge on any atom is 0.326 e. The Balaban J connectivity index is 2.24. The number of aliphatic carboxylic acids is 1. The molecule has 0 spiro atoms. The van der Waals surface area contributed by atoms with Gasteiger partial charge in [0.2, 0.25) is 15.9 Å². The number of amides is 1. The molecule has 9 heteroatoms. The largest absolute Gasteiger partial charge is 0.480 e. The molecular formula is C18H25FN2O5S. The molecule has 1 aromatic carbocycles.